The Bertz CT molecular complexity index is 468. The predicted molar refractivity (Wildman–Crippen MR) is 73.6 cm³/mol. The zero-order valence-corrected chi connectivity index (χ0v) is 11.4. The molecule has 2 aliphatic rings. The standard InChI is InChI=1S/C14H18N2OS/c1-14-7-3-2-6-11(14)12(14)13(17)16-15-9-10-5-4-8-18-10/h4-5,8-9,11-12H,2-3,6-7H2,1H3,(H,16,17)/b15-9+/t11-,12-,14-/m1/s1. The van der Waals surface area contributed by atoms with E-state index < -0.39 is 0 Å². The molecule has 0 bridgehead atoms. The molecule has 1 amide bonds. The van der Waals surface area contributed by atoms with Crippen molar-refractivity contribution in [3.8, 4) is 0 Å². The molecule has 0 spiro atoms. The van der Waals surface area contributed by atoms with Crippen molar-refractivity contribution in [2.24, 2.45) is 22.4 Å². The highest BCUT2D eigenvalue weighted by Gasteiger charge is 2.64. The lowest BCUT2D eigenvalue weighted by atomic mass is 9.90. The maximum absolute atomic E-state index is 12.1. The molecule has 1 aromatic heterocycles. The second-order valence-corrected chi connectivity index (χ2v) is 6.56. The molecule has 0 radical (unpaired) electrons. The van der Waals surface area contributed by atoms with Gasteiger partial charge in [0.2, 0.25) is 5.91 Å². The van der Waals surface area contributed by atoms with Gasteiger partial charge in [0.1, 0.15) is 0 Å². The van der Waals surface area contributed by atoms with Crippen molar-refractivity contribution in [3.05, 3.63) is 22.4 Å². The largest absolute Gasteiger partial charge is 0.273 e. The van der Waals surface area contributed by atoms with Crippen molar-refractivity contribution in [2.45, 2.75) is 32.6 Å². The summed E-state index contributed by atoms with van der Waals surface area (Å²) in [4.78, 5) is 13.1. The van der Waals surface area contributed by atoms with Gasteiger partial charge in [-0.2, -0.15) is 5.10 Å². The highest BCUT2D eigenvalue weighted by Crippen LogP contribution is 2.66. The van der Waals surface area contributed by atoms with E-state index in [9.17, 15) is 4.79 Å². The summed E-state index contributed by atoms with van der Waals surface area (Å²) in [6.07, 6.45) is 6.68. The molecule has 0 aromatic carbocycles. The van der Waals surface area contributed by atoms with E-state index in [4.69, 9.17) is 0 Å². The van der Waals surface area contributed by atoms with Crippen molar-refractivity contribution >= 4 is 23.5 Å². The third-order valence-corrected chi connectivity index (χ3v) is 5.33. The van der Waals surface area contributed by atoms with Gasteiger partial charge in [0, 0.05) is 10.8 Å². The van der Waals surface area contributed by atoms with Crippen molar-refractivity contribution in [1.29, 1.82) is 0 Å². The Morgan fingerprint density at radius 1 is 1.61 bits per heavy atom. The Hall–Kier alpha value is -1.16. The summed E-state index contributed by atoms with van der Waals surface area (Å²) < 4.78 is 0. The minimum absolute atomic E-state index is 0.109. The normalized spacial score (nSPS) is 34.3. The quantitative estimate of drug-likeness (QED) is 0.660. The molecule has 96 valence electrons. The number of thiophene rings is 1. The number of nitrogens with one attached hydrogen (secondary N) is 1. The molecule has 1 aromatic rings. The first-order chi connectivity index (χ1) is 8.72. The lowest BCUT2D eigenvalue weighted by Gasteiger charge is -2.15. The van der Waals surface area contributed by atoms with Crippen LogP contribution >= 0.6 is 11.3 Å². The van der Waals surface area contributed by atoms with E-state index in [0.717, 1.165) is 4.88 Å². The van der Waals surface area contributed by atoms with Gasteiger partial charge in [-0.1, -0.05) is 25.8 Å². The zero-order chi connectivity index (χ0) is 12.6. The van der Waals surface area contributed by atoms with Crippen LogP contribution in [-0.4, -0.2) is 12.1 Å². The van der Waals surface area contributed by atoms with Crippen LogP contribution in [0.1, 0.15) is 37.5 Å². The van der Waals surface area contributed by atoms with Crippen LogP contribution < -0.4 is 5.43 Å². The number of rotatable bonds is 3. The second kappa shape index (κ2) is 4.50. The molecule has 0 aliphatic heterocycles. The average molecular weight is 262 g/mol. The van der Waals surface area contributed by atoms with Crippen molar-refractivity contribution in [1.82, 2.24) is 5.43 Å². The third-order valence-electron chi connectivity index (χ3n) is 4.52. The van der Waals surface area contributed by atoms with Crippen LogP contribution in [0.25, 0.3) is 0 Å². The van der Waals surface area contributed by atoms with Gasteiger partial charge in [-0.15, -0.1) is 11.3 Å². The van der Waals surface area contributed by atoms with Gasteiger partial charge in [0.05, 0.1) is 6.21 Å². The second-order valence-electron chi connectivity index (χ2n) is 5.59. The molecule has 2 fully saturated rings. The van der Waals surface area contributed by atoms with Gasteiger partial charge in [-0.05, 0) is 35.6 Å². The summed E-state index contributed by atoms with van der Waals surface area (Å²) in [5.41, 5.74) is 2.97. The molecule has 0 saturated heterocycles. The summed E-state index contributed by atoms with van der Waals surface area (Å²) in [7, 11) is 0. The van der Waals surface area contributed by atoms with Gasteiger partial charge >= 0.3 is 0 Å². The first kappa shape index (κ1) is 11.9. The average Bonchev–Trinajstić information content (AvgIpc) is 2.71. The van der Waals surface area contributed by atoms with E-state index >= 15 is 0 Å². The van der Waals surface area contributed by atoms with Crippen LogP contribution in [0.2, 0.25) is 0 Å². The van der Waals surface area contributed by atoms with Gasteiger partial charge in [-0.3, -0.25) is 4.79 Å². The number of fused-ring (bicyclic) bond motifs is 1. The van der Waals surface area contributed by atoms with E-state index in [1.54, 1.807) is 17.6 Å². The number of hydrazone groups is 1. The number of nitrogens with zero attached hydrogens (tertiary/aromatic N) is 1. The summed E-state index contributed by atoms with van der Waals surface area (Å²) in [5, 5.41) is 6.05. The van der Waals surface area contributed by atoms with Crippen LogP contribution in [0.5, 0.6) is 0 Å². The minimum atomic E-state index is 0.109. The van der Waals surface area contributed by atoms with E-state index in [-0.39, 0.29) is 17.2 Å². The van der Waals surface area contributed by atoms with E-state index in [2.05, 4.69) is 17.5 Å². The van der Waals surface area contributed by atoms with Gasteiger partial charge in [-0.25, -0.2) is 5.43 Å². The molecule has 1 heterocycles. The topological polar surface area (TPSA) is 41.5 Å². The van der Waals surface area contributed by atoms with Gasteiger partial charge in [0.15, 0.2) is 0 Å². The molecule has 4 heteroatoms. The Labute approximate surface area is 111 Å². The van der Waals surface area contributed by atoms with Crippen molar-refractivity contribution in [3.63, 3.8) is 0 Å². The van der Waals surface area contributed by atoms with Crippen LogP contribution in [-0.2, 0) is 4.79 Å². The highest BCUT2D eigenvalue weighted by atomic mass is 32.1. The molecule has 18 heavy (non-hydrogen) atoms. The summed E-state index contributed by atoms with van der Waals surface area (Å²) in [6.45, 7) is 2.25. The number of amides is 1. The van der Waals surface area contributed by atoms with E-state index in [1.165, 1.54) is 25.7 Å². The number of carbonyl (C=O) groups excluding carboxylic acids is 1. The fourth-order valence-corrected chi connectivity index (χ4v) is 4.03. The third kappa shape index (κ3) is 1.99. The summed E-state index contributed by atoms with van der Waals surface area (Å²) in [6, 6.07) is 3.96. The number of hydrogen-bond acceptors (Lipinski definition) is 3. The maximum Gasteiger partial charge on any atom is 0.244 e. The Morgan fingerprint density at radius 2 is 2.50 bits per heavy atom. The fraction of sp³-hybridized carbons (Fsp3) is 0.571. The first-order valence-electron chi connectivity index (χ1n) is 6.58. The maximum atomic E-state index is 12.1. The van der Waals surface area contributed by atoms with Crippen molar-refractivity contribution < 1.29 is 4.79 Å². The zero-order valence-electron chi connectivity index (χ0n) is 10.6. The Kier molecular flexibility index (Phi) is 2.98. The molecular weight excluding hydrogens is 244 g/mol. The lowest BCUT2D eigenvalue weighted by Crippen LogP contribution is -2.22. The van der Waals surface area contributed by atoms with Crippen molar-refractivity contribution in [2.75, 3.05) is 0 Å². The molecule has 1 N–H and O–H groups in total. The molecular formula is C14H18N2OS. The predicted octanol–water partition coefficient (Wildman–Crippen LogP) is 3.02. The summed E-state index contributed by atoms with van der Waals surface area (Å²) in [5.74, 6) is 0.904. The van der Waals surface area contributed by atoms with Crippen LogP contribution in [0.3, 0.4) is 0 Å². The molecule has 0 unspecified atom stereocenters. The smallest absolute Gasteiger partial charge is 0.244 e. The minimum Gasteiger partial charge on any atom is -0.273 e. The molecule has 3 rings (SSSR count). The molecule has 2 aliphatic carbocycles. The lowest BCUT2D eigenvalue weighted by molar-refractivity contribution is -0.123. The van der Waals surface area contributed by atoms with Crippen LogP contribution in [0.4, 0.5) is 0 Å². The molecule has 3 atom stereocenters. The van der Waals surface area contributed by atoms with E-state index in [1.807, 2.05) is 17.5 Å². The summed E-state index contributed by atoms with van der Waals surface area (Å²) >= 11 is 1.62. The van der Waals surface area contributed by atoms with E-state index in [0.29, 0.717) is 5.92 Å². The van der Waals surface area contributed by atoms with Crippen LogP contribution in [0.15, 0.2) is 22.6 Å². The Morgan fingerprint density at radius 3 is 3.17 bits per heavy atom. The van der Waals surface area contributed by atoms with Gasteiger partial charge < -0.3 is 0 Å². The molecule has 3 nitrogen and oxygen atoms in total. The molecule has 2 saturated carbocycles. The van der Waals surface area contributed by atoms with Gasteiger partial charge in [0.25, 0.3) is 0 Å². The van der Waals surface area contributed by atoms with Crippen LogP contribution in [0, 0.1) is 17.3 Å². The number of hydrogen-bond donors (Lipinski definition) is 1. The first-order valence-corrected chi connectivity index (χ1v) is 7.46. The number of carbonyl (C=O) groups is 1. The highest BCUT2D eigenvalue weighted by molar-refractivity contribution is 7.11. The fourth-order valence-electron chi connectivity index (χ4n) is 3.44. The SMILES string of the molecule is C[C@@]12CCCC[C@@H]1[C@@H]2C(=O)N/N=C/c1cccs1. The Balaban J connectivity index is 1.57. The monoisotopic (exact) mass is 262 g/mol.